The molecule has 0 spiro atoms. The second kappa shape index (κ2) is 9.93. The van der Waals surface area contributed by atoms with Crippen molar-refractivity contribution in [1.82, 2.24) is 4.90 Å². The summed E-state index contributed by atoms with van der Waals surface area (Å²) in [5.74, 6) is -1.11. The molecular formula is C24H30N2O6S. The Labute approximate surface area is 194 Å². The lowest BCUT2D eigenvalue weighted by atomic mass is 10.2. The molecule has 1 amide bonds. The van der Waals surface area contributed by atoms with Crippen molar-refractivity contribution in [3.8, 4) is 0 Å². The number of morpholine rings is 1. The summed E-state index contributed by atoms with van der Waals surface area (Å²) in [6, 6.07) is 11.3. The molecule has 1 aliphatic rings. The van der Waals surface area contributed by atoms with E-state index in [0.29, 0.717) is 18.7 Å². The van der Waals surface area contributed by atoms with E-state index in [2.05, 4.69) is 4.72 Å². The van der Waals surface area contributed by atoms with Gasteiger partial charge in [0, 0.05) is 13.1 Å². The number of carbonyl (C=O) groups is 2. The lowest BCUT2D eigenvalue weighted by Crippen LogP contribution is -2.51. The number of amides is 1. The molecule has 0 saturated carbocycles. The first kappa shape index (κ1) is 24.7. The maximum atomic E-state index is 13.0. The van der Waals surface area contributed by atoms with Gasteiger partial charge in [-0.2, -0.15) is 0 Å². The molecule has 1 fully saturated rings. The molecule has 1 saturated heterocycles. The van der Waals surface area contributed by atoms with Crippen molar-refractivity contribution in [3.63, 3.8) is 0 Å². The van der Waals surface area contributed by atoms with Gasteiger partial charge in [-0.25, -0.2) is 13.2 Å². The number of hydrogen-bond donors (Lipinski definition) is 1. The molecule has 3 atom stereocenters. The van der Waals surface area contributed by atoms with Crippen molar-refractivity contribution in [1.29, 1.82) is 0 Å². The predicted molar refractivity (Wildman–Crippen MR) is 125 cm³/mol. The van der Waals surface area contributed by atoms with Gasteiger partial charge in [0.2, 0.25) is 0 Å². The zero-order valence-corrected chi connectivity index (χ0v) is 20.3. The number of ether oxygens (including phenoxy) is 2. The number of nitrogens with one attached hydrogen (secondary N) is 1. The SMILES string of the molecule is Cc1ccc(C)c(S(=O)(=O)Nc2ccccc2C(=O)O[C@@H](C)C(=O)N2C[C@@H](C)O[C@@H](C)C2)c1. The summed E-state index contributed by atoms with van der Waals surface area (Å²) in [7, 11) is -3.94. The minimum atomic E-state index is -3.94. The summed E-state index contributed by atoms with van der Waals surface area (Å²) in [6.45, 7) is 9.60. The number of para-hydroxylation sites is 1. The third-order valence-electron chi connectivity index (χ3n) is 5.39. The minimum absolute atomic E-state index is 0.0229. The molecule has 2 aromatic rings. The van der Waals surface area contributed by atoms with Gasteiger partial charge < -0.3 is 14.4 Å². The van der Waals surface area contributed by atoms with Crippen LogP contribution < -0.4 is 4.72 Å². The molecule has 2 aromatic carbocycles. The van der Waals surface area contributed by atoms with Crippen LogP contribution >= 0.6 is 0 Å². The van der Waals surface area contributed by atoms with E-state index in [1.165, 1.54) is 19.1 Å². The van der Waals surface area contributed by atoms with Crippen LogP contribution in [0, 0.1) is 13.8 Å². The van der Waals surface area contributed by atoms with E-state index in [9.17, 15) is 18.0 Å². The first-order valence-electron chi connectivity index (χ1n) is 10.8. The number of esters is 1. The largest absolute Gasteiger partial charge is 0.449 e. The molecule has 3 rings (SSSR count). The Balaban J connectivity index is 1.77. The average molecular weight is 475 g/mol. The van der Waals surface area contributed by atoms with Gasteiger partial charge in [-0.1, -0.05) is 24.3 Å². The Morgan fingerprint density at radius 2 is 1.73 bits per heavy atom. The Morgan fingerprint density at radius 3 is 2.39 bits per heavy atom. The molecule has 1 heterocycles. The van der Waals surface area contributed by atoms with E-state index in [4.69, 9.17) is 9.47 Å². The van der Waals surface area contributed by atoms with Gasteiger partial charge in [0.1, 0.15) is 0 Å². The second-order valence-electron chi connectivity index (χ2n) is 8.47. The molecule has 0 aliphatic carbocycles. The molecule has 9 heteroatoms. The summed E-state index contributed by atoms with van der Waals surface area (Å²) in [5, 5.41) is 0. The van der Waals surface area contributed by atoms with Crippen LogP contribution in [0.4, 0.5) is 5.69 Å². The number of hydrogen-bond acceptors (Lipinski definition) is 6. The first-order chi connectivity index (χ1) is 15.5. The number of carbonyl (C=O) groups excluding carboxylic acids is 2. The number of nitrogens with zero attached hydrogens (tertiary/aromatic N) is 1. The highest BCUT2D eigenvalue weighted by Gasteiger charge is 2.31. The Bertz CT molecular complexity index is 1140. The highest BCUT2D eigenvalue weighted by molar-refractivity contribution is 7.92. The van der Waals surface area contributed by atoms with Crippen LogP contribution in [0.3, 0.4) is 0 Å². The standard InChI is InChI=1S/C24H30N2O6S/c1-15-10-11-16(2)22(12-15)33(29,30)25-21-9-7-6-8-20(21)24(28)32-19(5)23(27)26-13-17(3)31-18(4)14-26/h6-12,17-19,25H,13-14H2,1-5H3/t17-,18+,19-/m0/s1. The van der Waals surface area contributed by atoms with Crippen molar-refractivity contribution in [2.75, 3.05) is 17.8 Å². The van der Waals surface area contributed by atoms with E-state index in [1.54, 1.807) is 43.0 Å². The molecular weight excluding hydrogens is 444 g/mol. The number of anilines is 1. The molecule has 0 bridgehead atoms. The summed E-state index contributed by atoms with van der Waals surface area (Å²) in [5.41, 5.74) is 1.49. The molecule has 0 radical (unpaired) electrons. The second-order valence-corrected chi connectivity index (χ2v) is 10.1. The van der Waals surface area contributed by atoms with Gasteiger partial charge in [0.25, 0.3) is 15.9 Å². The molecule has 178 valence electrons. The summed E-state index contributed by atoms with van der Waals surface area (Å²) >= 11 is 0. The van der Waals surface area contributed by atoms with E-state index >= 15 is 0 Å². The van der Waals surface area contributed by atoms with E-state index in [0.717, 1.165) is 5.56 Å². The van der Waals surface area contributed by atoms with Crippen molar-refractivity contribution < 1.29 is 27.5 Å². The van der Waals surface area contributed by atoms with Crippen LogP contribution in [0.25, 0.3) is 0 Å². The third kappa shape index (κ3) is 5.91. The Hall–Kier alpha value is -2.91. The van der Waals surface area contributed by atoms with Gasteiger partial charge in [0.05, 0.1) is 28.4 Å². The molecule has 33 heavy (non-hydrogen) atoms. The third-order valence-corrected chi connectivity index (χ3v) is 6.89. The fourth-order valence-electron chi connectivity index (χ4n) is 3.84. The number of rotatable bonds is 6. The van der Waals surface area contributed by atoms with Crippen molar-refractivity contribution in [2.45, 2.75) is 57.8 Å². The number of benzene rings is 2. The predicted octanol–water partition coefficient (Wildman–Crippen LogP) is 3.29. The fraction of sp³-hybridized carbons (Fsp3) is 0.417. The van der Waals surface area contributed by atoms with Crippen LogP contribution in [0.1, 0.15) is 42.3 Å². The summed E-state index contributed by atoms with van der Waals surface area (Å²) in [6.07, 6.45) is -1.25. The highest BCUT2D eigenvalue weighted by Crippen LogP contribution is 2.24. The lowest BCUT2D eigenvalue weighted by molar-refractivity contribution is -0.151. The molecule has 8 nitrogen and oxygen atoms in total. The van der Waals surface area contributed by atoms with Crippen LogP contribution in [0.15, 0.2) is 47.4 Å². The van der Waals surface area contributed by atoms with Gasteiger partial charge in [-0.15, -0.1) is 0 Å². The highest BCUT2D eigenvalue weighted by atomic mass is 32.2. The van der Waals surface area contributed by atoms with Gasteiger partial charge in [-0.3, -0.25) is 9.52 Å². The van der Waals surface area contributed by atoms with Crippen LogP contribution in [-0.4, -0.2) is 56.6 Å². The molecule has 1 N–H and O–H groups in total. The zero-order valence-electron chi connectivity index (χ0n) is 19.5. The van der Waals surface area contributed by atoms with E-state index < -0.39 is 22.1 Å². The normalized spacial score (nSPS) is 19.6. The van der Waals surface area contributed by atoms with Crippen LogP contribution in [-0.2, 0) is 24.3 Å². The zero-order chi connectivity index (χ0) is 24.3. The Kier molecular flexibility index (Phi) is 7.44. The van der Waals surface area contributed by atoms with Crippen molar-refractivity contribution >= 4 is 27.6 Å². The van der Waals surface area contributed by atoms with E-state index in [1.807, 2.05) is 19.9 Å². The molecule has 0 unspecified atom stereocenters. The van der Waals surface area contributed by atoms with Crippen molar-refractivity contribution in [2.24, 2.45) is 0 Å². The lowest BCUT2D eigenvalue weighted by Gasteiger charge is -2.36. The van der Waals surface area contributed by atoms with Gasteiger partial charge in [-0.05, 0) is 63.9 Å². The molecule has 0 aromatic heterocycles. The number of aryl methyl sites for hydroxylation is 2. The van der Waals surface area contributed by atoms with E-state index in [-0.39, 0.29) is 34.3 Å². The van der Waals surface area contributed by atoms with Gasteiger partial charge in [0.15, 0.2) is 6.10 Å². The fourth-order valence-corrected chi connectivity index (χ4v) is 5.25. The maximum absolute atomic E-state index is 13.0. The quantitative estimate of drug-likeness (QED) is 0.645. The molecule has 1 aliphatic heterocycles. The van der Waals surface area contributed by atoms with Crippen molar-refractivity contribution in [3.05, 3.63) is 59.2 Å². The van der Waals surface area contributed by atoms with Crippen LogP contribution in [0.5, 0.6) is 0 Å². The maximum Gasteiger partial charge on any atom is 0.341 e. The Morgan fingerprint density at radius 1 is 1.09 bits per heavy atom. The number of sulfonamides is 1. The summed E-state index contributed by atoms with van der Waals surface area (Å²) < 4.78 is 39.6. The summed E-state index contributed by atoms with van der Waals surface area (Å²) in [4.78, 5) is 27.4. The first-order valence-corrected chi connectivity index (χ1v) is 12.3. The topological polar surface area (TPSA) is 102 Å². The monoisotopic (exact) mass is 474 g/mol. The van der Waals surface area contributed by atoms with Crippen LogP contribution in [0.2, 0.25) is 0 Å². The minimum Gasteiger partial charge on any atom is -0.449 e. The van der Waals surface area contributed by atoms with Gasteiger partial charge >= 0.3 is 5.97 Å². The average Bonchev–Trinajstić information content (AvgIpc) is 2.74. The smallest absolute Gasteiger partial charge is 0.341 e.